The van der Waals surface area contributed by atoms with Crippen LogP contribution in [0, 0.1) is 0 Å². The Morgan fingerprint density at radius 2 is 1.93 bits per heavy atom. The van der Waals surface area contributed by atoms with Crippen molar-refractivity contribution in [3.8, 4) is 11.5 Å². The molecular formula is C21H19NO5S2. The van der Waals surface area contributed by atoms with E-state index in [0.29, 0.717) is 20.5 Å². The number of aryl methyl sites for hydroxylation is 1. The molecule has 8 heteroatoms. The van der Waals surface area contributed by atoms with Gasteiger partial charge in [0.2, 0.25) is 0 Å². The molecule has 1 heterocycles. The van der Waals surface area contributed by atoms with Crippen molar-refractivity contribution in [3.05, 3.63) is 58.0 Å². The van der Waals surface area contributed by atoms with Crippen LogP contribution in [0.15, 0.2) is 41.3 Å². The third-order valence-electron chi connectivity index (χ3n) is 4.49. The van der Waals surface area contributed by atoms with Crippen LogP contribution in [0.1, 0.15) is 28.4 Å². The highest BCUT2D eigenvalue weighted by molar-refractivity contribution is 8.27. The fourth-order valence-corrected chi connectivity index (χ4v) is 4.40. The van der Waals surface area contributed by atoms with Crippen molar-refractivity contribution in [2.24, 2.45) is 0 Å². The van der Waals surface area contributed by atoms with Gasteiger partial charge in [-0.15, -0.1) is 0 Å². The van der Waals surface area contributed by atoms with Crippen LogP contribution in [0.3, 0.4) is 0 Å². The average molecular weight is 430 g/mol. The third kappa shape index (κ3) is 3.86. The molecule has 2 aromatic rings. The van der Waals surface area contributed by atoms with Gasteiger partial charge in [0.15, 0.2) is 15.8 Å². The maximum absolute atomic E-state index is 13.1. The fraction of sp³-hybridized carbons (Fsp3) is 0.190. The molecule has 150 valence electrons. The third-order valence-corrected chi connectivity index (χ3v) is 5.79. The number of aromatic carboxylic acids is 1. The van der Waals surface area contributed by atoms with Gasteiger partial charge in [-0.25, -0.2) is 4.79 Å². The van der Waals surface area contributed by atoms with Crippen LogP contribution in [0.2, 0.25) is 0 Å². The molecule has 0 aromatic heterocycles. The number of para-hydroxylation sites is 1. The number of benzene rings is 2. The molecule has 0 spiro atoms. The smallest absolute Gasteiger partial charge is 0.340 e. The number of nitrogens with zero attached hydrogens (tertiary/aromatic N) is 1. The number of carboxylic acid groups (broad SMARTS) is 1. The number of amides is 1. The first-order chi connectivity index (χ1) is 13.9. The highest BCUT2D eigenvalue weighted by Crippen LogP contribution is 2.40. The zero-order valence-corrected chi connectivity index (χ0v) is 17.7. The molecule has 0 atom stereocenters. The predicted molar refractivity (Wildman–Crippen MR) is 118 cm³/mol. The number of carbonyl (C=O) groups excluding carboxylic acids is 1. The largest absolute Gasteiger partial charge is 0.493 e. The number of ether oxygens (including phenoxy) is 2. The number of methoxy groups -OCH3 is 2. The van der Waals surface area contributed by atoms with Crippen molar-refractivity contribution in [1.29, 1.82) is 0 Å². The molecule has 1 saturated heterocycles. The molecule has 3 rings (SSSR count). The van der Waals surface area contributed by atoms with Gasteiger partial charge in [-0.05, 0) is 35.8 Å². The minimum Gasteiger partial charge on any atom is -0.493 e. The molecule has 1 aliphatic rings. The summed E-state index contributed by atoms with van der Waals surface area (Å²) in [6, 6.07) is 10.8. The van der Waals surface area contributed by atoms with E-state index in [9.17, 15) is 14.7 Å². The van der Waals surface area contributed by atoms with E-state index in [1.165, 1.54) is 25.2 Å². The van der Waals surface area contributed by atoms with E-state index in [-0.39, 0.29) is 17.2 Å². The highest BCUT2D eigenvalue weighted by atomic mass is 32.2. The average Bonchev–Trinajstić information content (AvgIpc) is 2.99. The summed E-state index contributed by atoms with van der Waals surface area (Å²) < 4.78 is 10.8. The zero-order valence-electron chi connectivity index (χ0n) is 16.1. The van der Waals surface area contributed by atoms with E-state index < -0.39 is 5.97 Å². The van der Waals surface area contributed by atoms with Gasteiger partial charge in [0.25, 0.3) is 5.91 Å². The van der Waals surface area contributed by atoms with E-state index in [4.69, 9.17) is 21.7 Å². The number of carbonyl (C=O) groups is 2. The SMILES string of the molecule is CCc1ccccc1N1C(=O)/C(=C\c2ccc(OC)c(OC)c2C(=O)O)SC1=S. The van der Waals surface area contributed by atoms with Gasteiger partial charge >= 0.3 is 5.97 Å². The number of hydrogen-bond acceptors (Lipinski definition) is 6. The lowest BCUT2D eigenvalue weighted by Crippen LogP contribution is -2.28. The van der Waals surface area contributed by atoms with E-state index in [2.05, 4.69) is 0 Å². The maximum Gasteiger partial charge on any atom is 0.340 e. The predicted octanol–water partition coefficient (Wildman–Crippen LogP) is 4.37. The minimum atomic E-state index is -1.18. The lowest BCUT2D eigenvalue weighted by Gasteiger charge is -2.18. The summed E-state index contributed by atoms with van der Waals surface area (Å²) in [6.45, 7) is 2.01. The van der Waals surface area contributed by atoms with Gasteiger partial charge in [-0.3, -0.25) is 9.69 Å². The van der Waals surface area contributed by atoms with Crippen LogP contribution in [-0.4, -0.2) is 35.5 Å². The molecule has 0 bridgehead atoms. The number of hydrogen-bond donors (Lipinski definition) is 1. The van der Waals surface area contributed by atoms with Gasteiger partial charge in [0.1, 0.15) is 5.56 Å². The Morgan fingerprint density at radius 1 is 1.21 bits per heavy atom. The van der Waals surface area contributed by atoms with Gasteiger partial charge < -0.3 is 14.6 Å². The Labute approximate surface area is 178 Å². The number of anilines is 1. The normalized spacial score (nSPS) is 15.1. The first kappa shape index (κ1) is 20.9. The van der Waals surface area contributed by atoms with Crippen molar-refractivity contribution in [3.63, 3.8) is 0 Å². The second-order valence-corrected chi connectivity index (χ2v) is 7.75. The monoisotopic (exact) mass is 429 g/mol. The standard InChI is InChI=1S/C21H19NO5S2/c1-4-12-7-5-6-8-14(12)22-19(23)16(29-21(22)28)11-13-9-10-15(26-2)18(27-3)17(13)20(24)25/h5-11H,4H2,1-3H3,(H,24,25)/b16-11+. The molecule has 2 aromatic carbocycles. The maximum atomic E-state index is 13.1. The first-order valence-electron chi connectivity index (χ1n) is 8.77. The second-order valence-electron chi connectivity index (χ2n) is 6.07. The molecule has 0 radical (unpaired) electrons. The molecule has 29 heavy (non-hydrogen) atoms. The quantitative estimate of drug-likeness (QED) is 0.540. The van der Waals surface area contributed by atoms with Crippen LogP contribution in [0.4, 0.5) is 5.69 Å². The van der Waals surface area contributed by atoms with Gasteiger partial charge in [-0.2, -0.15) is 0 Å². The molecular weight excluding hydrogens is 410 g/mol. The lowest BCUT2D eigenvalue weighted by molar-refractivity contribution is -0.113. The molecule has 1 aliphatic heterocycles. The van der Waals surface area contributed by atoms with Crippen LogP contribution in [0.5, 0.6) is 11.5 Å². The van der Waals surface area contributed by atoms with Crippen molar-refractivity contribution < 1.29 is 24.2 Å². The number of thioether (sulfide) groups is 1. The topological polar surface area (TPSA) is 76.1 Å². The number of rotatable bonds is 6. The van der Waals surface area contributed by atoms with Crippen LogP contribution in [0.25, 0.3) is 6.08 Å². The lowest BCUT2D eigenvalue weighted by atomic mass is 10.0. The minimum absolute atomic E-state index is 0.0777. The molecule has 0 unspecified atom stereocenters. The van der Waals surface area contributed by atoms with E-state index in [1.54, 1.807) is 12.1 Å². The summed E-state index contributed by atoms with van der Waals surface area (Å²) in [5, 5.41) is 9.69. The summed E-state index contributed by atoms with van der Waals surface area (Å²) in [7, 11) is 2.80. The summed E-state index contributed by atoms with van der Waals surface area (Å²) in [5.74, 6) is -1.07. The highest BCUT2D eigenvalue weighted by Gasteiger charge is 2.34. The van der Waals surface area contributed by atoms with Crippen molar-refractivity contribution >= 4 is 51.9 Å². The van der Waals surface area contributed by atoms with Gasteiger partial charge in [0.05, 0.1) is 24.8 Å². The number of carboxylic acids is 1. The van der Waals surface area contributed by atoms with Crippen LogP contribution >= 0.6 is 24.0 Å². The number of thiocarbonyl (C=S) groups is 1. The van der Waals surface area contributed by atoms with E-state index in [0.717, 1.165) is 29.4 Å². The summed E-state index contributed by atoms with van der Waals surface area (Å²) in [6.07, 6.45) is 2.28. The molecule has 1 fully saturated rings. The Balaban J connectivity index is 2.08. The van der Waals surface area contributed by atoms with Crippen molar-refractivity contribution in [2.45, 2.75) is 13.3 Å². The van der Waals surface area contributed by atoms with Crippen molar-refractivity contribution in [1.82, 2.24) is 0 Å². The summed E-state index contributed by atoms with van der Waals surface area (Å²) in [4.78, 5) is 26.8. The Morgan fingerprint density at radius 3 is 2.55 bits per heavy atom. The molecule has 0 aliphatic carbocycles. The molecule has 0 saturated carbocycles. The fourth-order valence-electron chi connectivity index (χ4n) is 3.13. The summed E-state index contributed by atoms with van der Waals surface area (Å²) in [5.41, 5.74) is 2.00. The van der Waals surface area contributed by atoms with E-state index >= 15 is 0 Å². The van der Waals surface area contributed by atoms with Crippen LogP contribution < -0.4 is 14.4 Å². The first-order valence-corrected chi connectivity index (χ1v) is 9.99. The zero-order chi connectivity index (χ0) is 21.1. The second kappa shape index (κ2) is 8.67. The molecule has 1 N–H and O–H groups in total. The van der Waals surface area contributed by atoms with Crippen LogP contribution in [-0.2, 0) is 11.2 Å². The Bertz CT molecular complexity index is 1030. The van der Waals surface area contributed by atoms with Crippen molar-refractivity contribution in [2.75, 3.05) is 19.1 Å². The van der Waals surface area contributed by atoms with Gasteiger partial charge in [0, 0.05) is 0 Å². The Kier molecular flexibility index (Phi) is 6.24. The Hall–Kier alpha value is -2.84. The molecule has 1 amide bonds. The van der Waals surface area contributed by atoms with Gasteiger partial charge in [-0.1, -0.05) is 55.2 Å². The molecule has 6 nitrogen and oxygen atoms in total. The van der Waals surface area contributed by atoms with E-state index in [1.807, 2.05) is 31.2 Å². The summed E-state index contributed by atoms with van der Waals surface area (Å²) >= 11 is 6.58.